The van der Waals surface area contributed by atoms with Crippen molar-refractivity contribution in [2.45, 2.75) is 0 Å². The van der Waals surface area contributed by atoms with Gasteiger partial charge < -0.3 is 4.42 Å². The quantitative estimate of drug-likeness (QED) is 0.137. The van der Waals surface area contributed by atoms with Crippen LogP contribution in [0.15, 0.2) is 192 Å². The lowest BCUT2D eigenvalue weighted by Crippen LogP contribution is -1.92. The first kappa shape index (κ1) is 29.7. The van der Waals surface area contributed by atoms with Crippen molar-refractivity contribution in [1.29, 1.82) is 0 Å². The van der Waals surface area contributed by atoms with Crippen LogP contribution in [0.2, 0.25) is 0 Å². The molecule has 10 aromatic carbocycles. The summed E-state index contributed by atoms with van der Waals surface area (Å²) in [5.41, 5.74) is 10.0. The van der Waals surface area contributed by atoms with Crippen LogP contribution < -0.4 is 0 Å². The van der Waals surface area contributed by atoms with Crippen molar-refractivity contribution >= 4 is 65.0 Å². The first-order valence-corrected chi connectivity index (χ1v) is 18.1. The van der Waals surface area contributed by atoms with Crippen LogP contribution >= 0.6 is 0 Å². The van der Waals surface area contributed by atoms with Gasteiger partial charge in [-0.25, -0.2) is 4.98 Å². The molecule has 246 valence electrons. The monoisotopic (exact) mass is 673 g/mol. The van der Waals surface area contributed by atoms with Crippen LogP contribution in [0.3, 0.4) is 0 Å². The predicted octanol–water partition coefficient (Wildman–Crippen LogP) is 14.3. The molecule has 2 heteroatoms. The van der Waals surface area contributed by atoms with Crippen molar-refractivity contribution < 1.29 is 4.42 Å². The lowest BCUT2D eigenvalue weighted by molar-refractivity contribution is 0.623. The van der Waals surface area contributed by atoms with E-state index in [-0.39, 0.29) is 0 Å². The van der Waals surface area contributed by atoms with Crippen molar-refractivity contribution in [2.24, 2.45) is 0 Å². The van der Waals surface area contributed by atoms with Crippen LogP contribution in [0.4, 0.5) is 0 Å². The number of hydrogen-bond acceptors (Lipinski definition) is 2. The maximum absolute atomic E-state index is 6.52. The van der Waals surface area contributed by atoms with E-state index in [4.69, 9.17) is 9.40 Å². The van der Waals surface area contributed by atoms with Gasteiger partial charge in [-0.15, -0.1) is 0 Å². The lowest BCUT2D eigenvalue weighted by atomic mass is 9.83. The van der Waals surface area contributed by atoms with Crippen molar-refractivity contribution in [3.8, 4) is 44.8 Å². The molecule has 0 saturated carbocycles. The zero-order chi connectivity index (χ0) is 34.9. The smallest absolute Gasteiger partial charge is 0.227 e. The second-order valence-corrected chi connectivity index (χ2v) is 13.9. The highest BCUT2D eigenvalue weighted by molar-refractivity contribution is 6.25. The van der Waals surface area contributed by atoms with Gasteiger partial charge >= 0.3 is 0 Å². The molecule has 0 fully saturated rings. The zero-order valence-corrected chi connectivity index (χ0v) is 28.8. The molecule has 0 aliphatic heterocycles. The van der Waals surface area contributed by atoms with E-state index in [1.165, 1.54) is 71.1 Å². The molecule has 11 aromatic rings. The van der Waals surface area contributed by atoms with Crippen LogP contribution in [0.25, 0.3) is 110 Å². The fraction of sp³-hybridized carbons (Fsp3) is 0. The Morgan fingerprint density at radius 1 is 0.340 bits per heavy atom. The molecule has 0 saturated heterocycles. The van der Waals surface area contributed by atoms with Gasteiger partial charge in [-0.1, -0.05) is 152 Å². The Balaban J connectivity index is 1.17. The molecular formula is C51H31NO. The number of nitrogens with zero attached hydrogens (tertiary/aromatic N) is 1. The van der Waals surface area contributed by atoms with E-state index in [1.54, 1.807) is 0 Å². The van der Waals surface area contributed by atoms with Crippen molar-refractivity contribution in [3.63, 3.8) is 0 Å². The lowest BCUT2D eigenvalue weighted by Gasteiger charge is -2.20. The number of hydrogen-bond donors (Lipinski definition) is 0. The number of fused-ring (bicyclic) bond motifs is 8. The number of rotatable bonds is 4. The third-order valence-corrected chi connectivity index (χ3v) is 10.8. The molecule has 0 bridgehead atoms. The van der Waals surface area contributed by atoms with Crippen LogP contribution in [0.5, 0.6) is 0 Å². The third kappa shape index (κ3) is 4.70. The highest BCUT2D eigenvalue weighted by Crippen LogP contribution is 2.47. The highest BCUT2D eigenvalue weighted by atomic mass is 16.3. The minimum Gasteiger partial charge on any atom is -0.435 e. The van der Waals surface area contributed by atoms with E-state index in [0.29, 0.717) is 5.89 Å². The summed E-state index contributed by atoms with van der Waals surface area (Å²) in [6.07, 6.45) is 0. The van der Waals surface area contributed by atoms with E-state index in [2.05, 4.69) is 158 Å². The fourth-order valence-electron chi connectivity index (χ4n) is 8.44. The largest absolute Gasteiger partial charge is 0.435 e. The minimum atomic E-state index is 0.641. The summed E-state index contributed by atoms with van der Waals surface area (Å²) in [5, 5.41) is 12.0. The zero-order valence-electron chi connectivity index (χ0n) is 28.8. The second kappa shape index (κ2) is 11.8. The molecule has 0 unspecified atom stereocenters. The maximum Gasteiger partial charge on any atom is 0.227 e. The SMILES string of the molecule is c1ccc(-c2cc(-c3c4ccccc4c(-c4ccc5c(ccc6ccc7nc(-c8ccccc8)oc7c65)c4)c4ccccc34)c3ccccc3c2)cc1. The molecular weight excluding hydrogens is 643 g/mol. The van der Waals surface area contributed by atoms with Crippen molar-refractivity contribution in [1.82, 2.24) is 4.98 Å². The Hall–Kier alpha value is -7.03. The molecule has 0 atom stereocenters. The summed E-state index contributed by atoms with van der Waals surface area (Å²) in [5.74, 6) is 0.641. The summed E-state index contributed by atoms with van der Waals surface area (Å²) in [6, 6.07) is 67.8. The topological polar surface area (TPSA) is 26.0 Å². The van der Waals surface area contributed by atoms with Gasteiger partial charge in [0.2, 0.25) is 5.89 Å². The van der Waals surface area contributed by atoms with Gasteiger partial charge in [-0.2, -0.15) is 0 Å². The highest BCUT2D eigenvalue weighted by Gasteiger charge is 2.20. The number of benzene rings is 10. The first-order valence-electron chi connectivity index (χ1n) is 18.1. The molecule has 1 heterocycles. The Kier molecular flexibility index (Phi) is 6.59. The van der Waals surface area contributed by atoms with Gasteiger partial charge in [-0.05, 0) is 118 Å². The van der Waals surface area contributed by atoms with E-state index in [1.807, 2.05) is 30.3 Å². The molecule has 0 amide bonds. The average molecular weight is 674 g/mol. The van der Waals surface area contributed by atoms with Gasteiger partial charge in [-0.3, -0.25) is 0 Å². The Labute approximate surface area is 306 Å². The first-order chi connectivity index (χ1) is 26.3. The molecule has 0 aliphatic carbocycles. The Morgan fingerprint density at radius 3 is 1.60 bits per heavy atom. The molecule has 0 N–H and O–H groups in total. The fourth-order valence-corrected chi connectivity index (χ4v) is 8.44. The predicted molar refractivity (Wildman–Crippen MR) is 223 cm³/mol. The molecule has 11 rings (SSSR count). The molecule has 0 aliphatic rings. The van der Waals surface area contributed by atoms with Crippen molar-refractivity contribution in [2.75, 3.05) is 0 Å². The average Bonchev–Trinajstić information content (AvgIpc) is 3.68. The van der Waals surface area contributed by atoms with E-state index >= 15 is 0 Å². The van der Waals surface area contributed by atoms with Crippen LogP contribution in [-0.2, 0) is 0 Å². The maximum atomic E-state index is 6.52. The molecule has 0 radical (unpaired) electrons. The summed E-state index contributed by atoms with van der Waals surface area (Å²) >= 11 is 0. The van der Waals surface area contributed by atoms with E-state index < -0.39 is 0 Å². The molecule has 1 aromatic heterocycles. The summed E-state index contributed by atoms with van der Waals surface area (Å²) in [7, 11) is 0. The molecule has 0 spiro atoms. The minimum absolute atomic E-state index is 0.641. The Morgan fingerprint density at radius 2 is 0.887 bits per heavy atom. The van der Waals surface area contributed by atoms with Gasteiger partial charge in [0.25, 0.3) is 0 Å². The van der Waals surface area contributed by atoms with E-state index in [9.17, 15) is 0 Å². The van der Waals surface area contributed by atoms with Crippen LogP contribution in [0.1, 0.15) is 0 Å². The standard InChI is InChI=1S/C51H31NO/c1-3-13-32(14-4-1)38-30-35-17-7-8-18-39(35)45(31-38)49-43-21-11-9-19-41(43)47(42-20-10-12-22-44(42)49)37-25-27-40-36(29-37)24-23-33-26-28-46-50(48(33)40)53-51(52-46)34-15-5-2-6-16-34/h1-31H. The normalized spacial score (nSPS) is 11.8. The summed E-state index contributed by atoms with van der Waals surface area (Å²) in [6.45, 7) is 0. The third-order valence-electron chi connectivity index (χ3n) is 10.8. The molecule has 2 nitrogen and oxygen atoms in total. The van der Waals surface area contributed by atoms with Gasteiger partial charge in [0.15, 0.2) is 5.58 Å². The van der Waals surface area contributed by atoms with Gasteiger partial charge in [0, 0.05) is 10.9 Å². The van der Waals surface area contributed by atoms with Crippen LogP contribution in [-0.4, -0.2) is 4.98 Å². The summed E-state index contributed by atoms with van der Waals surface area (Å²) in [4.78, 5) is 4.88. The van der Waals surface area contributed by atoms with Gasteiger partial charge in [0.05, 0.1) is 0 Å². The Bertz CT molecular complexity index is 3160. The number of oxazole rings is 1. The van der Waals surface area contributed by atoms with Gasteiger partial charge in [0.1, 0.15) is 5.52 Å². The van der Waals surface area contributed by atoms with E-state index in [0.717, 1.165) is 32.8 Å². The second-order valence-electron chi connectivity index (χ2n) is 13.9. The summed E-state index contributed by atoms with van der Waals surface area (Å²) < 4.78 is 6.52. The van der Waals surface area contributed by atoms with Crippen LogP contribution in [0, 0.1) is 0 Å². The molecule has 53 heavy (non-hydrogen) atoms. The number of aromatic nitrogens is 1. The van der Waals surface area contributed by atoms with Crippen molar-refractivity contribution in [3.05, 3.63) is 188 Å².